The third-order valence-electron chi connectivity index (χ3n) is 8.18. The Bertz CT molecular complexity index is 954. The van der Waals surface area contributed by atoms with Crippen LogP contribution in [-0.4, -0.2) is 77.8 Å². The Labute approximate surface area is 212 Å². The molecule has 2 fully saturated rings. The fraction of sp³-hybridized carbons (Fsp3) is 0.741. The fourth-order valence-corrected chi connectivity index (χ4v) is 6.07. The molecule has 0 radical (unpaired) electrons. The summed E-state index contributed by atoms with van der Waals surface area (Å²) in [4.78, 5) is 19.3. The highest BCUT2D eigenvalue weighted by molar-refractivity contribution is 5.68. The first kappa shape index (κ1) is 27.2. The van der Waals surface area contributed by atoms with Gasteiger partial charge in [0.05, 0.1) is 11.7 Å². The van der Waals surface area contributed by atoms with Gasteiger partial charge in [0.15, 0.2) is 0 Å². The van der Waals surface area contributed by atoms with E-state index >= 15 is 0 Å². The number of methoxy groups -OCH3 is 1. The number of piperidine rings is 1. The number of rotatable bonds is 3. The van der Waals surface area contributed by atoms with E-state index in [1.807, 2.05) is 25.7 Å². The summed E-state index contributed by atoms with van der Waals surface area (Å²) in [5.74, 6) is 0. The maximum absolute atomic E-state index is 13.3. The van der Waals surface area contributed by atoms with E-state index < -0.39 is 17.3 Å². The van der Waals surface area contributed by atoms with Gasteiger partial charge in [0, 0.05) is 57.5 Å². The summed E-state index contributed by atoms with van der Waals surface area (Å²) in [5, 5.41) is 0. The molecule has 3 aliphatic rings. The molecule has 202 valence electrons. The standard InChI is InChI=1S/C27H40F3N3O3/c1-18-17-32(26(5)9-11-31(12-10-26)24(34)36-25(2,3)4)13-14-33(18)22-16-23(35-6)21-15-19(27(28,29)30)7-8-20(21)22/h7-8,15,18,22-23H,9-14,16-17H2,1-6H3/t18-,22-,23-/m0/s1. The lowest BCUT2D eigenvalue weighted by Crippen LogP contribution is -2.62. The lowest BCUT2D eigenvalue weighted by Gasteiger charge is -2.52. The molecule has 0 bridgehead atoms. The van der Waals surface area contributed by atoms with Crippen LogP contribution in [0, 0.1) is 0 Å². The van der Waals surface area contributed by atoms with Crippen molar-refractivity contribution in [2.24, 2.45) is 0 Å². The second kappa shape index (κ2) is 9.80. The Kier molecular flexibility index (Phi) is 7.40. The minimum absolute atomic E-state index is 0.00310. The van der Waals surface area contributed by atoms with Crippen LogP contribution in [0.15, 0.2) is 18.2 Å². The van der Waals surface area contributed by atoms with E-state index in [1.54, 1.807) is 13.2 Å². The highest BCUT2D eigenvalue weighted by Crippen LogP contribution is 2.47. The predicted octanol–water partition coefficient (Wildman–Crippen LogP) is 5.63. The number of likely N-dealkylation sites (tertiary alicyclic amines) is 1. The number of hydrogen-bond acceptors (Lipinski definition) is 5. The zero-order valence-corrected chi connectivity index (χ0v) is 22.3. The lowest BCUT2D eigenvalue weighted by atomic mass is 9.86. The van der Waals surface area contributed by atoms with Crippen molar-refractivity contribution in [2.75, 3.05) is 39.8 Å². The van der Waals surface area contributed by atoms with Gasteiger partial charge in [0.25, 0.3) is 0 Å². The third-order valence-corrected chi connectivity index (χ3v) is 8.18. The number of benzene rings is 1. The van der Waals surface area contributed by atoms with Crippen LogP contribution in [0.25, 0.3) is 0 Å². The van der Waals surface area contributed by atoms with E-state index in [4.69, 9.17) is 9.47 Å². The van der Waals surface area contributed by atoms with Crippen molar-refractivity contribution in [2.45, 2.75) is 89.4 Å². The smallest absolute Gasteiger partial charge is 0.416 e. The molecular formula is C27H40F3N3O3. The Hall–Kier alpha value is -1.84. The summed E-state index contributed by atoms with van der Waals surface area (Å²) in [5.41, 5.74) is 0.495. The predicted molar refractivity (Wildman–Crippen MR) is 132 cm³/mol. The molecule has 0 N–H and O–H groups in total. The molecule has 2 aliphatic heterocycles. The van der Waals surface area contributed by atoms with E-state index in [1.165, 1.54) is 12.1 Å². The van der Waals surface area contributed by atoms with Crippen molar-refractivity contribution >= 4 is 6.09 Å². The molecule has 0 saturated carbocycles. The van der Waals surface area contributed by atoms with Gasteiger partial charge in [-0.25, -0.2) is 4.79 Å². The highest BCUT2D eigenvalue weighted by Gasteiger charge is 2.44. The lowest BCUT2D eigenvalue weighted by molar-refractivity contribution is -0.137. The van der Waals surface area contributed by atoms with E-state index in [9.17, 15) is 18.0 Å². The van der Waals surface area contributed by atoms with E-state index in [-0.39, 0.29) is 29.8 Å². The molecule has 1 aromatic rings. The van der Waals surface area contributed by atoms with Gasteiger partial charge in [0.2, 0.25) is 0 Å². The van der Waals surface area contributed by atoms with E-state index in [2.05, 4.69) is 23.6 Å². The summed E-state index contributed by atoms with van der Waals surface area (Å²) < 4.78 is 51.1. The molecule has 36 heavy (non-hydrogen) atoms. The molecule has 9 heteroatoms. The molecule has 0 spiro atoms. The molecule has 2 saturated heterocycles. The largest absolute Gasteiger partial charge is 0.444 e. The van der Waals surface area contributed by atoms with Gasteiger partial charge in [-0.1, -0.05) is 6.07 Å². The minimum atomic E-state index is -4.36. The molecule has 3 atom stereocenters. The van der Waals surface area contributed by atoms with Crippen molar-refractivity contribution in [1.29, 1.82) is 0 Å². The van der Waals surface area contributed by atoms with Crippen molar-refractivity contribution in [3.63, 3.8) is 0 Å². The number of fused-ring (bicyclic) bond motifs is 1. The SMILES string of the molecule is CO[C@H]1C[C@H](N2CCN(C3(C)CCN(C(=O)OC(C)(C)C)CC3)C[C@@H]2C)c2ccc(C(F)(F)F)cc21. The maximum Gasteiger partial charge on any atom is 0.416 e. The molecular weight excluding hydrogens is 471 g/mol. The van der Waals surface area contributed by atoms with Crippen LogP contribution in [0.4, 0.5) is 18.0 Å². The van der Waals surface area contributed by atoms with E-state index in [0.29, 0.717) is 25.1 Å². The van der Waals surface area contributed by atoms with Crippen molar-refractivity contribution in [3.05, 3.63) is 34.9 Å². The summed E-state index contributed by atoms with van der Waals surface area (Å²) in [6.07, 6.45) is -2.50. The number of carbonyl (C=O) groups excluding carboxylic acids is 1. The number of ether oxygens (including phenoxy) is 2. The minimum Gasteiger partial charge on any atom is -0.444 e. The highest BCUT2D eigenvalue weighted by atomic mass is 19.4. The zero-order chi connectivity index (χ0) is 26.5. The molecule has 2 heterocycles. The summed E-state index contributed by atoms with van der Waals surface area (Å²) in [7, 11) is 1.57. The Morgan fingerprint density at radius 3 is 2.28 bits per heavy atom. The first-order valence-corrected chi connectivity index (χ1v) is 12.9. The topological polar surface area (TPSA) is 45.2 Å². The second-order valence-corrected chi connectivity index (χ2v) is 11.8. The maximum atomic E-state index is 13.3. The molecule has 4 rings (SSSR count). The first-order chi connectivity index (χ1) is 16.7. The Morgan fingerprint density at radius 1 is 1.06 bits per heavy atom. The first-order valence-electron chi connectivity index (χ1n) is 12.9. The van der Waals surface area contributed by atoms with Crippen LogP contribution < -0.4 is 0 Å². The van der Waals surface area contributed by atoms with Gasteiger partial charge in [-0.3, -0.25) is 9.80 Å². The molecule has 6 nitrogen and oxygen atoms in total. The van der Waals surface area contributed by atoms with Gasteiger partial charge in [-0.15, -0.1) is 0 Å². The molecule has 1 aromatic carbocycles. The monoisotopic (exact) mass is 511 g/mol. The summed E-state index contributed by atoms with van der Waals surface area (Å²) >= 11 is 0. The fourth-order valence-electron chi connectivity index (χ4n) is 6.07. The number of alkyl halides is 3. The number of hydrogen-bond donors (Lipinski definition) is 0. The average molecular weight is 512 g/mol. The van der Waals surface area contributed by atoms with Crippen LogP contribution in [0.3, 0.4) is 0 Å². The van der Waals surface area contributed by atoms with Gasteiger partial charge in [-0.05, 0) is 77.1 Å². The van der Waals surface area contributed by atoms with Crippen molar-refractivity contribution in [3.8, 4) is 0 Å². The van der Waals surface area contributed by atoms with Crippen LogP contribution in [0.5, 0.6) is 0 Å². The average Bonchev–Trinajstić information content (AvgIpc) is 3.15. The van der Waals surface area contributed by atoms with Gasteiger partial charge in [0.1, 0.15) is 5.60 Å². The van der Waals surface area contributed by atoms with Gasteiger partial charge >= 0.3 is 12.3 Å². The van der Waals surface area contributed by atoms with Gasteiger partial charge in [-0.2, -0.15) is 13.2 Å². The van der Waals surface area contributed by atoms with E-state index in [0.717, 1.165) is 38.0 Å². The summed E-state index contributed by atoms with van der Waals surface area (Å²) in [6.45, 7) is 14.1. The van der Waals surface area contributed by atoms with Crippen LogP contribution in [-0.2, 0) is 15.7 Å². The molecule has 0 unspecified atom stereocenters. The van der Waals surface area contributed by atoms with Crippen molar-refractivity contribution < 1.29 is 27.4 Å². The quantitative estimate of drug-likeness (QED) is 0.526. The Morgan fingerprint density at radius 2 is 1.72 bits per heavy atom. The normalized spacial score (nSPS) is 27.7. The Balaban J connectivity index is 1.41. The van der Waals surface area contributed by atoms with Crippen LogP contribution in [0.1, 0.15) is 82.7 Å². The number of amides is 1. The number of halogens is 3. The molecule has 0 aromatic heterocycles. The number of piperazine rings is 1. The van der Waals surface area contributed by atoms with Crippen molar-refractivity contribution in [1.82, 2.24) is 14.7 Å². The number of carbonyl (C=O) groups is 1. The van der Waals surface area contributed by atoms with Gasteiger partial charge < -0.3 is 14.4 Å². The van der Waals surface area contributed by atoms with Crippen LogP contribution in [0.2, 0.25) is 0 Å². The number of nitrogens with zero attached hydrogens (tertiary/aromatic N) is 3. The molecule has 1 amide bonds. The zero-order valence-electron chi connectivity index (χ0n) is 22.3. The second-order valence-electron chi connectivity index (χ2n) is 11.8. The van der Waals surface area contributed by atoms with Crippen LogP contribution >= 0.6 is 0 Å². The third kappa shape index (κ3) is 5.53. The summed E-state index contributed by atoms with van der Waals surface area (Å²) in [6, 6.07) is 4.41. The molecule has 1 aliphatic carbocycles.